The molecule has 0 N–H and O–H groups in total. The summed E-state index contributed by atoms with van der Waals surface area (Å²) >= 11 is 0. The number of carbonyl (C=O) groups is 1. The van der Waals surface area contributed by atoms with Crippen LogP contribution >= 0.6 is 0 Å². The summed E-state index contributed by atoms with van der Waals surface area (Å²) in [5.74, 6) is -2.09. The van der Waals surface area contributed by atoms with Crippen molar-refractivity contribution in [3.63, 3.8) is 0 Å². The van der Waals surface area contributed by atoms with E-state index in [4.69, 9.17) is 28.1 Å². The van der Waals surface area contributed by atoms with Crippen molar-refractivity contribution in [3.8, 4) is 0 Å². The van der Waals surface area contributed by atoms with E-state index in [0.717, 1.165) is 10.4 Å². The van der Waals surface area contributed by atoms with E-state index >= 15 is 0 Å². The fourth-order valence-electron chi connectivity index (χ4n) is 6.20. The molecule has 5 rings (SSSR count). The molecule has 2 fully saturated rings. The predicted octanol–water partition coefficient (Wildman–Crippen LogP) is 5.46. The fraction of sp³-hybridized carbons (Fsp3) is 0.457. The van der Waals surface area contributed by atoms with Gasteiger partial charge in [0, 0.05) is 0 Å². The molecular weight excluding hydrogens is 560 g/mol. The average Bonchev–Trinajstić information content (AvgIpc) is 3.51. The number of hydrogen-bond acceptors (Lipinski definition) is 7. The summed E-state index contributed by atoms with van der Waals surface area (Å²) in [5, 5.41) is 1.92. The van der Waals surface area contributed by atoms with Crippen LogP contribution < -0.4 is 10.4 Å². The van der Waals surface area contributed by atoms with Crippen LogP contribution in [0.4, 0.5) is 0 Å². The normalized spacial score (nSPS) is 24.0. The summed E-state index contributed by atoms with van der Waals surface area (Å²) in [4.78, 5) is 13.2. The third-order valence-corrected chi connectivity index (χ3v) is 13.1. The molecule has 3 aromatic rings. The first-order chi connectivity index (χ1) is 20.3. The second kappa shape index (κ2) is 12.3. The van der Waals surface area contributed by atoms with Crippen LogP contribution in [-0.4, -0.2) is 63.5 Å². The van der Waals surface area contributed by atoms with E-state index in [9.17, 15) is 4.79 Å². The Labute approximate surface area is 256 Å². The Hall–Kier alpha value is -2.85. The average molecular weight is 605 g/mol. The molecule has 0 bridgehead atoms. The highest BCUT2D eigenvalue weighted by atomic mass is 28.4. The van der Waals surface area contributed by atoms with E-state index in [1.807, 2.05) is 82.3 Å². The highest BCUT2D eigenvalue weighted by molar-refractivity contribution is 6.99. The van der Waals surface area contributed by atoms with Crippen molar-refractivity contribution in [3.05, 3.63) is 96.6 Å². The van der Waals surface area contributed by atoms with Crippen molar-refractivity contribution in [1.82, 2.24) is 0 Å². The first-order valence-electron chi connectivity index (χ1n) is 15.0. The summed E-state index contributed by atoms with van der Waals surface area (Å²) in [6.45, 7) is 14.5. The van der Waals surface area contributed by atoms with Gasteiger partial charge in [-0.25, -0.2) is 4.79 Å². The Morgan fingerprint density at radius 2 is 1.35 bits per heavy atom. The van der Waals surface area contributed by atoms with Gasteiger partial charge >= 0.3 is 5.97 Å². The van der Waals surface area contributed by atoms with Gasteiger partial charge in [-0.1, -0.05) is 99.6 Å². The molecule has 0 radical (unpaired) electrons. The van der Waals surface area contributed by atoms with Crippen LogP contribution in [0.2, 0.25) is 5.04 Å². The van der Waals surface area contributed by atoms with Crippen molar-refractivity contribution >= 4 is 24.7 Å². The fourth-order valence-corrected chi connectivity index (χ4v) is 10.9. The van der Waals surface area contributed by atoms with E-state index in [1.165, 1.54) is 0 Å². The number of carbonyl (C=O) groups excluding carboxylic acids is 1. The Morgan fingerprint density at radius 1 is 0.814 bits per heavy atom. The highest BCUT2D eigenvalue weighted by Crippen LogP contribution is 2.42. The van der Waals surface area contributed by atoms with E-state index in [-0.39, 0.29) is 11.6 Å². The van der Waals surface area contributed by atoms with Crippen molar-refractivity contribution in [2.75, 3.05) is 13.2 Å². The second-order valence-electron chi connectivity index (χ2n) is 13.2. The molecule has 2 aliphatic rings. The Morgan fingerprint density at radius 3 is 1.84 bits per heavy atom. The number of hydrogen-bond donors (Lipinski definition) is 0. The molecule has 8 heteroatoms. The lowest BCUT2D eigenvalue weighted by atomic mass is 10.0. The zero-order valence-corrected chi connectivity index (χ0v) is 27.2. The Bertz CT molecular complexity index is 1320. The lowest BCUT2D eigenvalue weighted by Gasteiger charge is -2.46. The number of benzene rings is 3. The van der Waals surface area contributed by atoms with Gasteiger partial charge in [-0.15, -0.1) is 0 Å². The van der Waals surface area contributed by atoms with Gasteiger partial charge in [0.25, 0.3) is 8.32 Å². The van der Waals surface area contributed by atoms with Crippen LogP contribution in [0.1, 0.15) is 58.8 Å². The molecule has 0 unspecified atom stereocenters. The van der Waals surface area contributed by atoms with Gasteiger partial charge in [-0.3, -0.25) is 0 Å². The first-order valence-corrected chi connectivity index (χ1v) is 16.9. The van der Waals surface area contributed by atoms with E-state index in [2.05, 4.69) is 45.0 Å². The molecule has 0 saturated carbocycles. The minimum absolute atomic E-state index is 0.0319. The van der Waals surface area contributed by atoms with Crippen LogP contribution in [0, 0.1) is 0 Å². The maximum absolute atomic E-state index is 13.2. The smallest absolute Gasteiger partial charge is 0.338 e. The molecule has 0 spiro atoms. The summed E-state index contributed by atoms with van der Waals surface area (Å²) in [7, 11) is -3.07. The van der Waals surface area contributed by atoms with Crippen molar-refractivity contribution in [2.45, 2.75) is 89.5 Å². The molecule has 43 heavy (non-hydrogen) atoms. The van der Waals surface area contributed by atoms with Crippen molar-refractivity contribution < 1.29 is 32.9 Å². The van der Waals surface area contributed by atoms with Gasteiger partial charge in [0.15, 0.2) is 11.6 Å². The standard InChI is InChI=1S/C35H44O7Si/c1-33(2,3)43(26-19-13-9-14-20-26,27-21-15-10-16-22-27)42-29(23-37-32(36)25-17-11-8-12-18-25)31-30(40-35(6,7)41-31)28-24-38-34(4,5)39-28/h8-22,28-31H,23-24H2,1-7H3/t28-,29-,30-,31-/m1/s1. The Kier molecular flexibility index (Phi) is 9.01. The van der Waals surface area contributed by atoms with Crippen LogP contribution in [0.25, 0.3) is 0 Å². The van der Waals surface area contributed by atoms with Crippen LogP contribution in [0.5, 0.6) is 0 Å². The summed E-state index contributed by atoms with van der Waals surface area (Å²) in [5.41, 5.74) is 0.474. The highest BCUT2D eigenvalue weighted by Gasteiger charge is 2.57. The summed E-state index contributed by atoms with van der Waals surface area (Å²) < 4.78 is 38.9. The molecular formula is C35H44O7Si. The number of ether oxygens (including phenoxy) is 5. The third-order valence-electron chi connectivity index (χ3n) is 8.06. The van der Waals surface area contributed by atoms with Crippen LogP contribution in [-0.2, 0) is 28.1 Å². The molecule has 4 atom stereocenters. The monoisotopic (exact) mass is 604 g/mol. The lowest BCUT2D eigenvalue weighted by Crippen LogP contribution is -2.69. The zero-order chi connectivity index (χ0) is 30.9. The molecule has 2 aliphatic heterocycles. The molecule has 2 heterocycles. The maximum atomic E-state index is 13.2. The number of rotatable bonds is 9. The van der Waals surface area contributed by atoms with Crippen molar-refractivity contribution in [2.24, 2.45) is 0 Å². The maximum Gasteiger partial charge on any atom is 0.338 e. The third kappa shape index (κ3) is 6.80. The Balaban J connectivity index is 1.60. The minimum Gasteiger partial charge on any atom is -0.459 e. The SMILES string of the molecule is CC1(C)O[C@H]([C@H]2COC(C)(C)O2)[C@@H]([C@@H](COC(=O)c2ccccc2)O[Si](c2ccccc2)(c2ccccc2)C(C)(C)C)O1. The topological polar surface area (TPSA) is 72.5 Å². The molecule has 3 aromatic carbocycles. The minimum atomic E-state index is -3.07. The van der Waals surface area contributed by atoms with Gasteiger partial charge < -0.3 is 28.1 Å². The molecule has 0 aromatic heterocycles. The van der Waals surface area contributed by atoms with Gasteiger partial charge in [0.1, 0.15) is 31.0 Å². The predicted molar refractivity (Wildman–Crippen MR) is 168 cm³/mol. The second-order valence-corrected chi connectivity index (χ2v) is 17.5. The van der Waals surface area contributed by atoms with E-state index in [0.29, 0.717) is 12.2 Å². The lowest BCUT2D eigenvalue weighted by molar-refractivity contribution is -0.175. The van der Waals surface area contributed by atoms with Crippen LogP contribution in [0.15, 0.2) is 91.0 Å². The molecule has 7 nitrogen and oxygen atoms in total. The zero-order valence-electron chi connectivity index (χ0n) is 26.2. The van der Waals surface area contributed by atoms with E-state index in [1.54, 1.807) is 12.1 Å². The van der Waals surface area contributed by atoms with E-state index < -0.39 is 50.3 Å². The van der Waals surface area contributed by atoms with Gasteiger partial charge in [0.2, 0.25) is 0 Å². The molecule has 2 saturated heterocycles. The van der Waals surface area contributed by atoms with Crippen molar-refractivity contribution in [1.29, 1.82) is 0 Å². The molecule has 0 aliphatic carbocycles. The molecule has 0 amide bonds. The largest absolute Gasteiger partial charge is 0.459 e. The van der Waals surface area contributed by atoms with Gasteiger partial charge in [0.05, 0.1) is 12.2 Å². The van der Waals surface area contributed by atoms with Crippen LogP contribution in [0.3, 0.4) is 0 Å². The number of esters is 1. The summed E-state index contributed by atoms with van der Waals surface area (Å²) in [6, 6.07) is 29.8. The van der Waals surface area contributed by atoms with Gasteiger partial charge in [-0.05, 0) is 55.2 Å². The summed E-state index contributed by atoms with van der Waals surface area (Å²) in [6.07, 6.45) is -2.20. The quantitative estimate of drug-likeness (QED) is 0.237. The first kappa shape index (κ1) is 31.6. The molecule has 230 valence electrons. The van der Waals surface area contributed by atoms with Gasteiger partial charge in [-0.2, -0.15) is 0 Å².